The van der Waals surface area contributed by atoms with Crippen molar-refractivity contribution in [2.24, 2.45) is 0 Å². The molecule has 2 amide bonds. The molecule has 0 spiro atoms. The summed E-state index contributed by atoms with van der Waals surface area (Å²) in [6.45, 7) is 5.26. The Morgan fingerprint density at radius 1 is 0.911 bits per heavy atom. The third-order valence-electron chi connectivity index (χ3n) is 7.24. The number of aryl methyl sites for hydroxylation is 3. The van der Waals surface area contributed by atoms with Gasteiger partial charge in [-0.25, -0.2) is 18.2 Å². The highest BCUT2D eigenvalue weighted by Gasteiger charge is 2.28. The van der Waals surface area contributed by atoms with Crippen LogP contribution in [0.15, 0.2) is 83.8 Å². The summed E-state index contributed by atoms with van der Waals surface area (Å²) < 4.78 is 34.0. The molecule has 0 aliphatic carbocycles. The Hall–Kier alpha value is -5.20. The van der Waals surface area contributed by atoms with Gasteiger partial charge in [0.05, 0.1) is 23.0 Å². The van der Waals surface area contributed by atoms with E-state index in [0.717, 1.165) is 22.2 Å². The SMILES string of the molecule is COc1ccc2nc(NC(=O)Nc3cccc(-c4ccc(CC(NS(=O)(=O)c5c(C)cc(C)cc5C)C(=O)O)cc4)c3)[nH]c2c1. The minimum absolute atomic E-state index is 0.0465. The molecule has 1 atom stereocenters. The molecule has 5 N–H and O–H groups in total. The predicted molar refractivity (Wildman–Crippen MR) is 173 cm³/mol. The number of rotatable bonds is 10. The van der Waals surface area contributed by atoms with E-state index in [-0.39, 0.29) is 17.3 Å². The fourth-order valence-electron chi connectivity index (χ4n) is 5.31. The summed E-state index contributed by atoms with van der Waals surface area (Å²) in [6, 6.07) is 21.4. The number of urea groups is 1. The number of ether oxygens (including phenoxy) is 1. The van der Waals surface area contributed by atoms with E-state index in [0.29, 0.717) is 33.6 Å². The van der Waals surface area contributed by atoms with Crippen molar-refractivity contribution >= 4 is 44.7 Å². The van der Waals surface area contributed by atoms with Gasteiger partial charge in [0.15, 0.2) is 0 Å². The fraction of sp³-hybridized carbons (Fsp3) is 0.182. The number of fused-ring (bicyclic) bond motifs is 1. The van der Waals surface area contributed by atoms with Crippen molar-refractivity contribution in [3.8, 4) is 16.9 Å². The number of carboxylic acids is 1. The number of aliphatic carboxylic acids is 1. The molecule has 5 aromatic rings. The number of aromatic amines is 1. The maximum absolute atomic E-state index is 13.2. The van der Waals surface area contributed by atoms with E-state index >= 15 is 0 Å². The molecule has 1 heterocycles. The van der Waals surface area contributed by atoms with Gasteiger partial charge in [-0.1, -0.05) is 54.1 Å². The second-order valence-electron chi connectivity index (χ2n) is 10.8. The molecule has 0 radical (unpaired) electrons. The van der Waals surface area contributed by atoms with E-state index in [1.165, 1.54) is 0 Å². The van der Waals surface area contributed by atoms with E-state index < -0.39 is 28.1 Å². The summed E-state index contributed by atoms with van der Waals surface area (Å²) in [5, 5.41) is 15.3. The van der Waals surface area contributed by atoms with E-state index in [2.05, 4.69) is 25.3 Å². The largest absolute Gasteiger partial charge is 0.497 e. The maximum atomic E-state index is 13.2. The summed E-state index contributed by atoms with van der Waals surface area (Å²) in [4.78, 5) is 32.2. The summed E-state index contributed by atoms with van der Waals surface area (Å²) in [5.74, 6) is -0.320. The molecule has 232 valence electrons. The van der Waals surface area contributed by atoms with Crippen LogP contribution < -0.4 is 20.1 Å². The first-order valence-electron chi connectivity index (χ1n) is 14.1. The van der Waals surface area contributed by atoms with Crippen LogP contribution in [-0.2, 0) is 21.2 Å². The minimum Gasteiger partial charge on any atom is -0.497 e. The van der Waals surface area contributed by atoms with Crippen molar-refractivity contribution in [3.63, 3.8) is 0 Å². The number of nitrogens with zero attached hydrogens (tertiary/aromatic N) is 1. The van der Waals surface area contributed by atoms with Gasteiger partial charge in [0.1, 0.15) is 11.8 Å². The second-order valence-corrected chi connectivity index (χ2v) is 12.4. The molecule has 0 saturated heterocycles. The molecule has 0 bridgehead atoms. The molecule has 0 aliphatic heterocycles. The number of nitrogens with one attached hydrogen (secondary N) is 4. The number of carboxylic acid groups (broad SMARTS) is 1. The number of hydrogen-bond donors (Lipinski definition) is 5. The maximum Gasteiger partial charge on any atom is 0.326 e. The van der Waals surface area contributed by atoms with Gasteiger partial charge in [-0.3, -0.25) is 10.1 Å². The Balaban J connectivity index is 1.25. The van der Waals surface area contributed by atoms with Crippen LogP contribution >= 0.6 is 0 Å². The highest BCUT2D eigenvalue weighted by molar-refractivity contribution is 7.89. The molecule has 0 fully saturated rings. The van der Waals surface area contributed by atoms with Gasteiger partial charge < -0.3 is 20.1 Å². The molecular weight excluding hydrogens is 594 g/mol. The number of benzene rings is 4. The summed E-state index contributed by atoms with van der Waals surface area (Å²) in [6.07, 6.45) is -0.0465. The van der Waals surface area contributed by atoms with Gasteiger partial charge in [-0.15, -0.1) is 0 Å². The zero-order chi connectivity index (χ0) is 32.3. The second kappa shape index (κ2) is 12.8. The molecule has 1 aromatic heterocycles. The number of amides is 2. The van der Waals surface area contributed by atoms with E-state index in [9.17, 15) is 23.1 Å². The number of carbonyl (C=O) groups excluding carboxylic acids is 1. The van der Waals surface area contributed by atoms with Crippen LogP contribution in [0, 0.1) is 20.8 Å². The number of hydrogen-bond acceptors (Lipinski definition) is 6. The zero-order valence-electron chi connectivity index (χ0n) is 25.1. The molecule has 5 rings (SSSR count). The first-order chi connectivity index (χ1) is 21.4. The average molecular weight is 628 g/mol. The normalized spacial score (nSPS) is 12.1. The summed E-state index contributed by atoms with van der Waals surface area (Å²) >= 11 is 0. The lowest BCUT2D eigenvalue weighted by Gasteiger charge is -2.18. The van der Waals surface area contributed by atoms with Crippen LogP contribution in [0.4, 0.5) is 16.4 Å². The van der Waals surface area contributed by atoms with E-state index in [4.69, 9.17) is 4.74 Å². The van der Waals surface area contributed by atoms with Crippen molar-refractivity contribution in [3.05, 3.63) is 101 Å². The standard InChI is InChI=1S/C33H33N5O6S/c1-19-14-20(2)30(21(3)15-19)45(42,43)38-29(31(39)40)16-22-8-10-23(11-9-22)24-6-5-7-25(17-24)34-33(41)37-32-35-27-13-12-26(44-4)18-28(27)36-32/h5-15,17-18,29,38H,16H2,1-4H3,(H,39,40)(H3,34,35,36,37,41). The quantitative estimate of drug-likeness (QED) is 0.131. The van der Waals surface area contributed by atoms with Gasteiger partial charge in [-0.05, 0) is 79.3 Å². The fourth-order valence-corrected chi connectivity index (χ4v) is 6.95. The van der Waals surface area contributed by atoms with Gasteiger partial charge >= 0.3 is 12.0 Å². The topological polar surface area (TPSA) is 163 Å². The molecule has 0 aliphatic rings. The zero-order valence-corrected chi connectivity index (χ0v) is 26.0. The van der Waals surface area contributed by atoms with Crippen molar-refractivity contribution in [2.45, 2.75) is 38.1 Å². The number of aromatic nitrogens is 2. The van der Waals surface area contributed by atoms with Crippen LogP contribution in [0.1, 0.15) is 22.3 Å². The molecule has 1 unspecified atom stereocenters. The average Bonchev–Trinajstić information content (AvgIpc) is 3.37. The highest BCUT2D eigenvalue weighted by Crippen LogP contribution is 2.26. The smallest absolute Gasteiger partial charge is 0.326 e. The lowest BCUT2D eigenvalue weighted by atomic mass is 10.0. The lowest BCUT2D eigenvalue weighted by molar-refractivity contribution is -0.138. The molecule has 11 nitrogen and oxygen atoms in total. The Morgan fingerprint density at radius 2 is 1.62 bits per heavy atom. The predicted octanol–water partition coefficient (Wildman–Crippen LogP) is 5.78. The van der Waals surface area contributed by atoms with Crippen molar-refractivity contribution in [1.82, 2.24) is 14.7 Å². The Kier molecular flexibility index (Phi) is 8.89. The van der Waals surface area contributed by atoms with Gasteiger partial charge in [-0.2, -0.15) is 4.72 Å². The first kappa shape index (κ1) is 31.2. The minimum atomic E-state index is -4.08. The Labute approximate surface area is 260 Å². The molecule has 12 heteroatoms. The van der Waals surface area contributed by atoms with E-state index in [1.807, 2.05) is 25.1 Å². The number of anilines is 2. The van der Waals surface area contributed by atoms with Crippen LogP contribution in [0.5, 0.6) is 5.75 Å². The third-order valence-corrected chi connectivity index (χ3v) is 9.01. The number of sulfonamides is 1. The molecule has 45 heavy (non-hydrogen) atoms. The third kappa shape index (κ3) is 7.31. The molecule has 0 saturated carbocycles. The number of H-pyrrole nitrogens is 1. The van der Waals surface area contributed by atoms with E-state index in [1.54, 1.807) is 81.6 Å². The van der Waals surface area contributed by atoms with Gasteiger partial charge in [0.25, 0.3) is 0 Å². The number of imidazole rings is 1. The monoisotopic (exact) mass is 627 g/mol. The Bertz CT molecular complexity index is 1980. The van der Waals surface area contributed by atoms with Crippen LogP contribution in [0.2, 0.25) is 0 Å². The van der Waals surface area contributed by atoms with Crippen molar-refractivity contribution in [1.29, 1.82) is 0 Å². The Morgan fingerprint density at radius 3 is 2.29 bits per heavy atom. The first-order valence-corrected chi connectivity index (χ1v) is 15.5. The van der Waals surface area contributed by atoms with Gasteiger partial charge in [0, 0.05) is 11.8 Å². The number of methoxy groups -OCH3 is 1. The lowest BCUT2D eigenvalue weighted by Crippen LogP contribution is -2.42. The van der Waals surface area contributed by atoms with Crippen LogP contribution in [0.25, 0.3) is 22.2 Å². The number of carbonyl (C=O) groups is 2. The van der Waals surface area contributed by atoms with Crippen LogP contribution in [0.3, 0.4) is 0 Å². The van der Waals surface area contributed by atoms with Crippen molar-refractivity contribution in [2.75, 3.05) is 17.7 Å². The highest BCUT2D eigenvalue weighted by atomic mass is 32.2. The summed E-state index contributed by atoms with van der Waals surface area (Å²) in [5.41, 5.74) is 6.27. The van der Waals surface area contributed by atoms with Crippen LogP contribution in [-0.4, -0.2) is 48.6 Å². The van der Waals surface area contributed by atoms with Gasteiger partial charge in [0.2, 0.25) is 16.0 Å². The summed E-state index contributed by atoms with van der Waals surface area (Å²) in [7, 11) is -2.51. The molecule has 4 aromatic carbocycles. The van der Waals surface area contributed by atoms with Crippen molar-refractivity contribution < 1.29 is 27.9 Å². The molecular formula is C33H33N5O6S.